The number of carbonyl (C=O) groups is 1. The normalized spacial score (nSPS) is 12.8. The summed E-state index contributed by atoms with van der Waals surface area (Å²) in [6, 6.07) is 7.04. The Morgan fingerprint density at radius 3 is 2.42 bits per heavy atom. The van der Waals surface area contributed by atoms with Crippen molar-refractivity contribution >= 4 is 21.6 Å². The molecule has 24 heavy (non-hydrogen) atoms. The zero-order chi connectivity index (χ0) is 18.3. The molecule has 0 bridgehead atoms. The summed E-state index contributed by atoms with van der Waals surface area (Å²) in [6.45, 7) is 6.26. The number of anilines is 1. The summed E-state index contributed by atoms with van der Waals surface area (Å²) in [4.78, 5) is 11.9. The monoisotopic (exact) mass is 356 g/mol. The Hall–Kier alpha value is -1.76. The average molecular weight is 356 g/mol. The van der Waals surface area contributed by atoms with Crippen LogP contribution in [0.25, 0.3) is 0 Å². The number of sulfonamides is 1. The Bertz CT molecular complexity index is 644. The van der Waals surface area contributed by atoms with Crippen molar-refractivity contribution in [2.45, 2.75) is 39.7 Å². The predicted molar refractivity (Wildman–Crippen MR) is 96.9 cm³/mol. The van der Waals surface area contributed by atoms with Crippen LogP contribution in [0.3, 0.4) is 0 Å². The van der Waals surface area contributed by atoms with Gasteiger partial charge in [-0.15, -0.1) is 0 Å². The van der Waals surface area contributed by atoms with E-state index in [1.807, 2.05) is 20.8 Å². The Kier molecular flexibility index (Phi) is 7.54. The third-order valence-corrected chi connectivity index (χ3v) is 5.09. The Morgan fingerprint density at radius 1 is 1.25 bits per heavy atom. The molecule has 1 atom stereocenters. The molecule has 0 aliphatic rings. The fraction of sp³-hybridized carbons (Fsp3) is 0.588. The van der Waals surface area contributed by atoms with Gasteiger partial charge in [-0.3, -0.25) is 9.10 Å². The molecule has 6 nitrogen and oxygen atoms in total. The number of ether oxygens (including phenoxy) is 1. The van der Waals surface area contributed by atoms with Crippen LogP contribution in [0.15, 0.2) is 24.3 Å². The summed E-state index contributed by atoms with van der Waals surface area (Å²) >= 11 is 0. The van der Waals surface area contributed by atoms with E-state index in [4.69, 9.17) is 4.74 Å². The zero-order valence-electron chi connectivity index (χ0n) is 15.1. The second-order valence-corrected chi connectivity index (χ2v) is 8.12. The first kappa shape index (κ1) is 20.3. The maximum Gasteiger partial charge on any atom is 0.232 e. The number of nitrogens with one attached hydrogen (secondary N) is 1. The molecule has 0 saturated heterocycles. The molecule has 0 heterocycles. The van der Waals surface area contributed by atoms with E-state index in [1.54, 1.807) is 24.3 Å². The summed E-state index contributed by atoms with van der Waals surface area (Å²) in [5.41, 5.74) is 0.485. The number of para-hydroxylation sites is 2. The summed E-state index contributed by atoms with van der Waals surface area (Å²) in [7, 11) is -1.96. The van der Waals surface area contributed by atoms with Crippen molar-refractivity contribution in [3.05, 3.63) is 24.3 Å². The van der Waals surface area contributed by atoms with Gasteiger partial charge in [-0.25, -0.2) is 8.42 Å². The highest BCUT2D eigenvalue weighted by Gasteiger charge is 2.21. The molecule has 0 aliphatic heterocycles. The molecule has 0 spiro atoms. The lowest BCUT2D eigenvalue weighted by Gasteiger charge is -2.24. The second-order valence-electron chi connectivity index (χ2n) is 6.21. The third kappa shape index (κ3) is 6.03. The van der Waals surface area contributed by atoms with Gasteiger partial charge in [0.2, 0.25) is 15.9 Å². The van der Waals surface area contributed by atoms with Gasteiger partial charge < -0.3 is 10.1 Å². The van der Waals surface area contributed by atoms with Gasteiger partial charge in [0.1, 0.15) is 5.75 Å². The minimum absolute atomic E-state index is 0.0651. The first-order chi connectivity index (χ1) is 11.2. The van der Waals surface area contributed by atoms with Crippen LogP contribution in [0.5, 0.6) is 5.75 Å². The predicted octanol–water partition coefficient (Wildman–Crippen LogP) is 2.40. The lowest BCUT2D eigenvalue weighted by molar-refractivity contribution is -0.122. The largest absolute Gasteiger partial charge is 0.495 e. The molecule has 0 aromatic heterocycles. The van der Waals surface area contributed by atoms with E-state index < -0.39 is 10.0 Å². The minimum atomic E-state index is -3.46. The Morgan fingerprint density at radius 2 is 1.88 bits per heavy atom. The molecule has 0 fully saturated rings. The summed E-state index contributed by atoms with van der Waals surface area (Å²) < 4.78 is 30.8. The van der Waals surface area contributed by atoms with Gasteiger partial charge in [0.15, 0.2) is 0 Å². The Labute approximate surface area is 145 Å². The van der Waals surface area contributed by atoms with Gasteiger partial charge in [0.25, 0.3) is 0 Å². The molecular weight excluding hydrogens is 328 g/mol. The lowest BCUT2D eigenvalue weighted by Crippen LogP contribution is -2.37. The molecule has 1 N–H and O–H groups in total. The highest BCUT2D eigenvalue weighted by molar-refractivity contribution is 7.92. The van der Waals surface area contributed by atoms with Crippen molar-refractivity contribution in [1.82, 2.24) is 5.32 Å². The number of hydrogen-bond acceptors (Lipinski definition) is 4. The molecular formula is C17H28N2O4S. The van der Waals surface area contributed by atoms with Crippen LogP contribution >= 0.6 is 0 Å². The first-order valence-electron chi connectivity index (χ1n) is 8.07. The van der Waals surface area contributed by atoms with E-state index in [1.165, 1.54) is 11.4 Å². The number of amides is 1. The quantitative estimate of drug-likeness (QED) is 0.737. The van der Waals surface area contributed by atoms with Crippen LogP contribution in [0.1, 0.15) is 33.6 Å². The van der Waals surface area contributed by atoms with Crippen molar-refractivity contribution in [1.29, 1.82) is 0 Å². The maximum atomic E-state index is 12.1. The number of hydrogen-bond donors (Lipinski definition) is 1. The van der Waals surface area contributed by atoms with Crippen LogP contribution in [0, 0.1) is 5.92 Å². The maximum absolute atomic E-state index is 12.1. The van der Waals surface area contributed by atoms with Gasteiger partial charge in [0.05, 0.1) is 19.1 Å². The zero-order valence-corrected chi connectivity index (χ0v) is 15.9. The van der Waals surface area contributed by atoms with Gasteiger partial charge in [-0.2, -0.15) is 0 Å². The van der Waals surface area contributed by atoms with Crippen LogP contribution in [0.4, 0.5) is 5.69 Å². The van der Waals surface area contributed by atoms with Crippen molar-refractivity contribution in [2.24, 2.45) is 5.92 Å². The van der Waals surface area contributed by atoms with E-state index in [0.717, 1.165) is 6.26 Å². The van der Waals surface area contributed by atoms with Gasteiger partial charge >= 0.3 is 0 Å². The summed E-state index contributed by atoms with van der Waals surface area (Å²) in [5.74, 6) is 0.778. The number of nitrogens with zero attached hydrogens (tertiary/aromatic N) is 1. The van der Waals surface area contributed by atoms with Crippen molar-refractivity contribution in [3.8, 4) is 5.75 Å². The highest BCUT2D eigenvalue weighted by atomic mass is 32.2. The average Bonchev–Trinajstić information content (AvgIpc) is 2.50. The van der Waals surface area contributed by atoms with Crippen LogP contribution < -0.4 is 14.4 Å². The molecule has 1 aromatic rings. The molecule has 7 heteroatoms. The third-order valence-electron chi connectivity index (χ3n) is 3.91. The molecule has 0 saturated carbocycles. The van der Waals surface area contributed by atoms with Crippen molar-refractivity contribution < 1.29 is 17.9 Å². The number of benzene rings is 1. The topological polar surface area (TPSA) is 75.7 Å². The molecule has 0 aliphatic carbocycles. The fourth-order valence-corrected chi connectivity index (χ4v) is 3.15. The molecule has 1 rings (SSSR count). The van der Waals surface area contributed by atoms with Crippen molar-refractivity contribution in [2.75, 3.05) is 24.2 Å². The Balaban J connectivity index is 2.75. The van der Waals surface area contributed by atoms with Gasteiger partial charge in [-0.05, 0) is 31.4 Å². The number of carbonyl (C=O) groups excluding carboxylic acids is 1. The second kappa shape index (κ2) is 8.92. The SMILES string of the molecule is COc1ccccc1N(CCCC(=O)NC(C)C(C)C)S(C)(=O)=O. The van der Waals surface area contributed by atoms with E-state index in [0.29, 0.717) is 23.8 Å². The number of rotatable bonds is 9. The molecule has 0 radical (unpaired) electrons. The number of methoxy groups -OCH3 is 1. The first-order valence-corrected chi connectivity index (χ1v) is 9.91. The van der Waals surface area contributed by atoms with Crippen LogP contribution in [-0.2, 0) is 14.8 Å². The molecule has 136 valence electrons. The van der Waals surface area contributed by atoms with E-state index in [9.17, 15) is 13.2 Å². The lowest BCUT2D eigenvalue weighted by atomic mass is 10.1. The van der Waals surface area contributed by atoms with Crippen molar-refractivity contribution in [3.63, 3.8) is 0 Å². The van der Waals surface area contributed by atoms with Crippen LogP contribution in [-0.4, -0.2) is 40.3 Å². The summed E-state index contributed by atoms with van der Waals surface area (Å²) in [5, 5.41) is 2.92. The van der Waals surface area contributed by atoms with Crippen LogP contribution in [0.2, 0.25) is 0 Å². The van der Waals surface area contributed by atoms with E-state index >= 15 is 0 Å². The fourth-order valence-electron chi connectivity index (χ4n) is 2.18. The minimum Gasteiger partial charge on any atom is -0.495 e. The van der Waals surface area contributed by atoms with E-state index in [2.05, 4.69) is 5.32 Å². The molecule has 1 unspecified atom stereocenters. The van der Waals surface area contributed by atoms with Gasteiger partial charge in [0, 0.05) is 19.0 Å². The molecule has 1 aromatic carbocycles. The van der Waals surface area contributed by atoms with Gasteiger partial charge in [-0.1, -0.05) is 26.0 Å². The van der Waals surface area contributed by atoms with E-state index in [-0.39, 0.29) is 24.9 Å². The molecule has 1 amide bonds. The smallest absolute Gasteiger partial charge is 0.232 e. The highest BCUT2D eigenvalue weighted by Crippen LogP contribution is 2.29. The summed E-state index contributed by atoms with van der Waals surface area (Å²) in [6.07, 6.45) is 1.86. The standard InChI is InChI=1S/C17H28N2O4S/c1-13(2)14(3)18-17(20)11-8-12-19(24(5,21)22)15-9-6-7-10-16(15)23-4/h6-7,9-10,13-14H,8,11-12H2,1-5H3,(H,18,20).